The number of nitrogen functional groups attached to an aromatic ring is 1. The molecule has 0 bridgehead atoms. The highest BCUT2D eigenvalue weighted by Crippen LogP contribution is 2.30. The van der Waals surface area contributed by atoms with Gasteiger partial charge in [-0.05, 0) is 6.07 Å². The van der Waals surface area contributed by atoms with E-state index in [9.17, 15) is 4.79 Å². The SMILES string of the molecule is Cn1ccc(CCNC(=O)c2sc3nccnc3c2N)n1. The topological polar surface area (TPSA) is 98.7 Å². The predicted octanol–water partition coefficient (Wildman–Crippen LogP) is 0.979. The van der Waals surface area contributed by atoms with Gasteiger partial charge in [-0.2, -0.15) is 5.10 Å². The monoisotopic (exact) mass is 302 g/mol. The summed E-state index contributed by atoms with van der Waals surface area (Å²) < 4.78 is 1.73. The van der Waals surface area contributed by atoms with Crippen LogP contribution < -0.4 is 11.1 Å². The number of nitrogens with two attached hydrogens (primary N) is 1. The number of carbonyl (C=O) groups is 1. The molecule has 8 heteroatoms. The Morgan fingerprint density at radius 1 is 1.43 bits per heavy atom. The number of carbonyl (C=O) groups excluding carboxylic acids is 1. The Kier molecular flexibility index (Phi) is 3.53. The largest absolute Gasteiger partial charge is 0.396 e. The minimum Gasteiger partial charge on any atom is -0.396 e. The van der Waals surface area contributed by atoms with E-state index in [0.29, 0.717) is 33.9 Å². The molecule has 108 valence electrons. The lowest BCUT2D eigenvalue weighted by Crippen LogP contribution is -2.25. The van der Waals surface area contributed by atoms with Crippen molar-refractivity contribution in [3.05, 3.63) is 35.2 Å². The van der Waals surface area contributed by atoms with Crippen LogP contribution in [0, 0.1) is 0 Å². The zero-order chi connectivity index (χ0) is 14.8. The second kappa shape index (κ2) is 5.49. The Labute approximate surface area is 124 Å². The lowest BCUT2D eigenvalue weighted by Gasteiger charge is -2.02. The van der Waals surface area contributed by atoms with Crippen molar-refractivity contribution in [1.29, 1.82) is 0 Å². The van der Waals surface area contributed by atoms with Crippen LogP contribution in [0.5, 0.6) is 0 Å². The molecular weight excluding hydrogens is 288 g/mol. The summed E-state index contributed by atoms with van der Waals surface area (Å²) in [5.74, 6) is -0.201. The third-order valence-corrected chi connectivity index (χ3v) is 4.11. The molecule has 0 unspecified atom stereocenters. The van der Waals surface area contributed by atoms with E-state index in [0.717, 1.165) is 5.69 Å². The number of hydrogen-bond acceptors (Lipinski definition) is 6. The van der Waals surface area contributed by atoms with Crippen molar-refractivity contribution in [2.75, 3.05) is 12.3 Å². The van der Waals surface area contributed by atoms with Gasteiger partial charge in [0.25, 0.3) is 5.91 Å². The van der Waals surface area contributed by atoms with Crippen LogP contribution >= 0.6 is 11.3 Å². The zero-order valence-electron chi connectivity index (χ0n) is 11.4. The molecule has 0 fully saturated rings. The first-order valence-electron chi connectivity index (χ1n) is 6.41. The first kappa shape index (κ1) is 13.5. The molecule has 0 saturated heterocycles. The van der Waals surface area contributed by atoms with Crippen molar-refractivity contribution < 1.29 is 4.79 Å². The Hall–Kier alpha value is -2.48. The Bertz CT molecular complexity index is 793. The van der Waals surface area contributed by atoms with Crippen LogP contribution in [0.15, 0.2) is 24.7 Å². The summed E-state index contributed by atoms with van der Waals surface area (Å²) in [5.41, 5.74) is 7.86. The fourth-order valence-corrected chi connectivity index (χ4v) is 2.93. The summed E-state index contributed by atoms with van der Waals surface area (Å²) >= 11 is 1.25. The Balaban J connectivity index is 1.68. The number of nitrogens with one attached hydrogen (secondary N) is 1. The number of nitrogens with zero attached hydrogens (tertiary/aromatic N) is 4. The molecule has 0 atom stereocenters. The van der Waals surface area contributed by atoms with Crippen molar-refractivity contribution in [2.24, 2.45) is 7.05 Å². The number of thiophene rings is 1. The fraction of sp³-hybridized carbons (Fsp3) is 0.231. The molecule has 1 amide bonds. The van der Waals surface area contributed by atoms with E-state index in [1.165, 1.54) is 11.3 Å². The van der Waals surface area contributed by atoms with Crippen LogP contribution in [0.4, 0.5) is 5.69 Å². The van der Waals surface area contributed by atoms with E-state index in [2.05, 4.69) is 20.4 Å². The lowest BCUT2D eigenvalue weighted by molar-refractivity contribution is 0.0959. The second-order valence-electron chi connectivity index (χ2n) is 4.54. The number of aromatic nitrogens is 4. The predicted molar refractivity (Wildman–Crippen MR) is 81.1 cm³/mol. The van der Waals surface area contributed by atoms with Gasteiger partial charge in [0.1, 0.15) is 15.2 Å². The highest BCUT2D eigenvalue weighted by molar-refractivity contribution is 7.21. The molecule has 0 saturated carbocycles. The van der Waals surface area contributed by atoms with Crippen LogP contribution in [-0.4, -0.2) is 32.2 Å². The fourth-order valence-electron chi connectivity index (χ4n) is 1.99. The minimum atomic E-state index is -0.201. The standard InChI is InChI=1S/C13H14N6OS/c1-19-7-3-8(18-19)2-4-16-12(20)11-9(14)10-13(21-11)17-6-5-15-10/h3,5-7H,2,4,14H2,1H3,(H,16,20). The molecule has 3 rings (SSSR count). The molecule has 7 nitrogen and oxygen atoms in total. The molecule has 21 heavy (non-hydrogen) atoms. The smallest absolute Gasteiger partial charge is 0.263 e. The summed E-state index contributed by atoms with van der Waals surface area (Å²) in [6.07, 6.45) is 5.70. The van der Waals surface area contributed by atoms with Gasteiger partial charge in [0.05, 0.1) is 11.4 Å². The number of rotatable bonds is 4. The first-order valence-corrected chi connectivity index (χ1v) is 7.22. The molecule has 3 aromatic rings. The normalized spacial score (nSPS) is 10.9. The molecule has 0 radical (unpaired) electrons. The van der Waals surface area contributed by atoms with Gasteiger partial charge in [-0.1, -0.05) is 0 Å². The van der Waals surface area contributed by atoms with Crippen LogP contribution in [0.2, 0.25) is 0 Å². The number of amides is 1. The lowest BCUT2D eigenvalue weighted by atomic mass is 10.3. The summed E-state index contributed by atoms with van der Waals surface area (Å²) in [7, 11) is 1.86. The molecule has 0 spiro atoms. The Morgan fingerprint density at radius 2 is 2.24 bits per heavy atom. The highest BCUT2D eigenvalue weighted by Gasteiger charge is 2.17. The molecule has 3 aromatic heterocycles. The molecule has 0 aliphatic rings. The maximum atomic E-state index is 12.2. The van der Waals surface area contributed by atoms with Crippen molar-refractivity contribution in [2.45, 2.75) is 6.42 Å². The molecule has 0 aromatic carbocycles. The number of anilines is 1. The quantitative estimate of drug-likeness (QED) is 0.748. The van der Waals surface area contributed by atoms with Crippen LogP contribution in [0.3, 0.4) is 0 Å². The average molecular weight is 302 g/mol. The first-order chi connectivity index (χ1) is 10.1. The number of fused-ring (bicyclic) bond motifs is 1. The molecular formula is C13H14N6OS. The van der Waals surface area contributed by atoms with Gasteiger partial charge in [0.15, 0.2) is 0 Å². The van der Waals surface area contributed by atoms with E-state index in [-0.39, 0.29) is 5.91 Å². The third kappa shape index (κ3) is 2.70. The van der Waals surface area contributed by atoms with Crippen molar-refractivity contribution in [3.63, 3.8) is 0 Å². The van der Waals surface area contributed by atoms with Gasteiger partial charge in [-0.3, -0.25) is 9.48 Å². The zero-order valence-corrected chi connectivity index (χ0v) is 12.2. The van der Waals surface area contributed by atoms with Gasteiger partial charge < -0.3 is 11.1 Å². The summed E-state index contributed by atoms with van der Waals surface area (Å²) in [4.78, 5) is 21.6. The molecule has 0 aliphatic heterocycles. The molecule has 0 aliphatic carbocycles. The van der Waals surface area contributed by atoms with Crippen molar-refractivity contribution in [3.8, 4) is 0 Å². The second-order valence-corrected chi connectivity index (χ2v) is 5.54. The molecule has 3 N–H and O–H groups in total. The van der Waals surface area contributed by atoms with E-state index in [4.69, 9.17) is 5.73 Å². The third-order valence-electron chi connectivity index (χ3n) is 3.00. The van der Waals surface area contributed by atoms with Crippen molar-refractivity contribution >= 4 is 33.3 Å². The maximum Gasteiger partial charge on any atom is 0.263 e. The van der Waals surface area contributed by atoms with Crippen molar-refractivity contribution in [1.82, 2.24) is 25.1 Å². The summed E-state index contributed by atoms with van der Waals surface area (Å²) in [6.45, 7) is 0.504. The van der Waals surface area contributed by atoms with Gasteiger partial charge in [-0.15, -0.1) is 11.3 Å². The van der Waals surface area contributed by atoms with E-state index in [1.807, 2.05) is 19.3 Å². The van der Waals surface area contributed by atoms with E-state index in [1.54, 1.807) is 17.1 Å². The van der Waals surface area contributed by atoms with Gasteiger partial charge in [0.2, 0.25) is 0 Å². The van der Waals surface area contributed by atoms with Gasteiger partial charge in [0, 0.05) is 38.6 Å². The van der Waals surface area contributed by atoms with Crippen LogP contribution in [0.25, 0.3) is 10.3 Å². The average Bonchev–Trinajstić information content (AvgIpc) is 3.03. The summed E-state index contributed by atoms with van der Waals surface area (Å²) in [5, 5.41) is 7.10. The maximum absolute atomic E-state index is 12.2. The van der Waals surface area contributed by atoms with Crippen LogP contribution in [0.1, 0.15) is 15.4 Å². The van der Waals surface area contributed by atoms with Crippen LogP contribution in [-0.2, 0) is 13.5 Å². The number of aryl methyl sites for hydroxylation is 1. The highest BCUT2D eigenvalue weighted by atomic mass is 32.1. The Morgan fingerprint density at radius 3 is 2.95 bits per heavy atom. The minimum absolute atomic E-state index is 0.201. The van der Waals surface area contributed by atoms with E-state index >= 15 is 0 Å². The summed E-state index contributed by atoms with van der Waals surface area (Å²) in [6, 6.07) is 1.92. The number of hydrogen-bond donors (Lipinski definition) is 2. The molecule has 3 heterocycles. The van der Waals surface area contributed by atoms with Gasteiger partial charge in [-0.25, -0.2) is 9.97 Å². The van der Waals surface area contributed by atoms with Gasteiger partial charge >= 0.3 is 0 Å². The van der Waals surface area contributed by atoms with E-state index < -0.39 is 0 Å².